The van der Waals surface area contributed by atoms with E-state index in [0.717, 1.165) is 27.3 Å². The van der Waals surface area contributed by atoms with Gasteiger partial charge in [0.2, 0.25) is 31.9 Å². The van der Waals surface area contributed by atoms with E-state index in [4.69, 9.17) is 24.9 Å². The number of ether oxygens (including phenoxy) is 1. The van der Waals surface area contributed by atoms with Crippen molar-refractivity contribution in [3.8, 4) is 12.1 Å². The molecule has 6 rings (SSSR count). The lowest BCUT2D eigenvalue weighted by molar-refractivity contribution is -0.192. The standard InChI is InChI=1S/C22H26N4O5S2.C17H18N4O3S2.C2HF3O2/c1-13-9-18-17(12-26(13)21(28)31-22(2,3)4)16(11-23)20(32-18)25-19(27)10-14-5-7-15(8-6-14)33(24,29)30;1-10-6-15-14(9-20-10)13(8-18)17(25-15)21-16(22)7-11-2-4-12(5-3-11)26(19,23)24;3-2(4,5)1(6)7/h5-8,13H,9-10,12H2,1-4H3,(H,25,27)(H2,24,29,30);2-5,10,20H,6-7,9H2,1H3,(H,21,22)(H2,19,23,24);(H,6,7). The zero-order valence-corrected chi connectivity index (χ0v) is 39.2. The lowest BCUT2D eigenvalue weighted by Crippen LogP contribution is -2.44. The molecule has 4 aromatic rings. The number of nitrogens with one attached hydrogen (secondary N) is 3. The van der Waals surface area contributed by atoms with Crippen LogP contribution in [0.4, 0.5) is 28.0 Å². The van der Waals surface area contributed by atoms with Gasteiger partial charge in [-0.3, -0.25) is 9.59 Å². The number of primary sulfonamides is 2. The Morgan fingerprint density at radius 2 is 1.21 bits per heavy atom. The maximum Gasteiger partial charge on any atom is 0.490 e. The third kappa shape index (κ3) is 14.5. The van der Waals surface area contributed by atoms with Gasteiger partial charge in [-0.2, -0.15) is 23.7 Å². The molecule has 66 heavy (non-hydrogen) atoms. The zero-order valence-electron chi connectivity index (χ0n) is 35.9. The number of nitrogens with zero attached hydrogens (tertiary/aromatic N) is 3. The fourth-order valence-electron chi connectivity index (χ4n) is 6.32. The van der Waals surface area contributed by atoms with Crippen LogP contribution in [0.2, 0.25) is 0 Å². The number of carboxylic acid groups (broad SMARTS) is 1. The minimum atomic E-state index is -5.08. The van der Waals surface area contributed by atoms with Crippen molar-refractivity contribution < 1.29 is 59.0 Å². The number of fused-ring (bicyclic) bond motifs is 2. The summed E-state index contributed by atoms with van der Waals surface area (Å²) in [6.45, 7) is 10.3. The zero-order chi connectivity index (χ0) is 49.5. The predicted molar refractivity (Wildman–Crippen MR) is 237 cm³/mol. The molecule has 354 valence electrons. The molecule has 0 saturated heterocycles. The largest absolute Gasteiger partial charge is 0.490 e. The predicted octanol–water partition coefficient (Wildman–Crippen LogP) is 5.25. The lowest BCUT2D eigenvalue weighted by atomic mass is 10.0. The molecule has 0 fully saturated rings. The molecule has 2 unspecified atom stereocenters. The van der Waals surface area contributed by atoms with E-state index in [9.17, 15) is 54.9 Å². The molecule has 2 aliphatic rings. The highest BCUT2D eigenvalue weighted by molar-refractivity contribution is 7.89. The van der Waals surface area contributed by atoms with E-state index in [1.54, 1.807) is 37.8 Å². The van der Waals surface area contributed by atoms with Crippen LogP contribution in [-0.2, 0) is 77.9 Å². The second kappa shape index (κ2) is 21.1. The normalized spacial score (nSPS) is 15.7. The van der Waals surface area contributed by atoms with Gasteiger partial charge in [-0.25, -0.2) is 36.7 Å². The van der Waals surface area contributed by atoms with Crippen molar-refractivity contribution in [3.63, 3.8) is 0 Å². The smallest absolute Gasteiger partial charge is 0.475 e. The maximum atomic E-state index is 12.6. The Balaban J connectivity index is 0.000000257. The Bertz CT molecular complexity index is 2790. The van der Waals surface area contributed by atoms with Gasteiger partial charge in [0.05, 0.1) is 40.3 Å². The minimum Gasteiger partial charge on any atom is -0.475 e. The average molecular weight is 995 g/mol. The molecule has 8 N–H and O–H groups in total. The van der Waals surface area contributed by atoms with Gasteiger partial charge in [0, 0.05) is 40.4 Å². The van der Waals surface area contributed by atoms with Gasteiger partial charge in [0.15, 0.2) is 0 Å². The summed E-state index contributed by atoms with van der Waals surface area (Å²) in [5.41, 5.74) is 3.17. The van der Waals surface area contributed by atoms with Crippen molar-refractivity contribution in [2.24, 2.45) is 10.3 Å². The van der Waals surface area contributed by atoms with Crippen LogP contribution < -0.4 is 26.2 Å². The minimum absolute atomic E-state index is 0.000904. The number of carbonyl (C=O) groups is 4. The summed E-state index contributed by atoms with van der Waals surface area (Å²) in [7, 11) is -7.56. The number of benzene rings is 2. The van der Waals surface area contributed by atoms with Crippen LogP contribution in [-0.4, -0.2) is 74.6 Å². The third-order valence-electron chi connectivity index (χ3n) is 9.47. The van der Waals surface area contributed by atoms with Gasteiger partial charge in [-0.05, 0) is 82.0 Å². The Kier molecular flexibility index (Phi) is 16.9. The Hall–Kier alpha value is -5.93. The van der Waals surface area contributed by atoms with Crippen LogP contribution in [0.5, 0.6) is 0 Å². The second-order valence-corrected chi connectivity index (χ2v) is 21.3. The summed E-state index contributed by atoms with van der Waals surface area (Å²) in [6, 6.07) is 16.1. The first-order valence-corrected chi connectivity index (χ1v) is 24.2. The fraction of sp³-hybridized carbons (Fsp3) is 0.366. The maximum absolute atomic E-state index is 12.6. The molecule has 0 spiro atoms. The van der Waals surface area contributed by atoms with Crippen LogP contribution in [0.25, 0.3) is 0 Å². The number of alkyl halides is 3. The van der Waals surface area contributed by atoms with Gasteiger partial charge >= 0.3 is 18.2 Å². The second-order valence-electron chi connectivity index (χ2n) is 15.9. The Morgan fingerprint density at radius 3 is 1.59 bits per heavy atom. The van der Waals surface area contributed by atoms with Gasteiger partial charge < -0.3 is 30.7 Å². The van der Waals surface area contributed by atoms with Crippen molar-refractivity contribution in [3.05, 3.63) is 91.7 Å². The van der Waals surface area contributed by atoms with Crippen LogP contribution in [0.15, 0.2) is 58.3 Å². The van der Waals surface area contributed by atoms with Crippen LogP contribution in [0.3, 0.4) is 0 Å². The van der Waals surface area contributed by atoms with Gasteiger partial charge in [-0.15, -0.1) is 22.7 Å². The van der Waals surface area contributed by atoms with Crippen LogP contribution >= 0.6 is 22.7 Å². The molecule has 18 nitrogen and oxygen atoms in total. The summed E-state index contributed by atoms with van der Waals surface area (Å²) in [6.07, 6.45) is -4.06. The summed E-state index contributed by atoms with van der Waals surface area (Å²) in [5.74, 6) is -3.36. The first kappa shape index (κ1) is 52.7. The monoisotopic (exact) mass is 994 g/mol. The van der Waals surface area contributed by atoms with E-state index in [0.29, 0.717) is 51.3 Å². The van der Waals surface area contributed by atoms with E-state index < -0.39 is 43.9 Å². The molecule has 0 bridgehead atoms. The number of thiophene rings is 2. The summed E-state index contributed by atoms with van der Waals surface area (Å²) in [4.78, 5) is 50.1. The van der Waals surface area contributed by atoms with Crippen LogP contribution in [0.1, 0.15) is 77.8 Å². The van der Waals surface area contributed by atoms with Crippen molar-refractivity contribution >= 4 is 76.6 Å². The molecule has 25 heteroatoms. The third-order valence-corrected chi connectivity index (χ3v) is 13.7. The molecule has 3 amide bonds. The number of rotatable bonds is 8. The van der Waals surface area contributed by atoms with E-state index in [1.807, 2.05) is 6.92 Å². The molecule has 2 aromatic carbocycles. The lowest BCUT2D eigenvalue weighted by Gasteiger charge is -2.34. The first-order valence-electron chi connectivity index (χ1n) is 19.5. The molecule has 0 aliphatic carbocycles. The Morgan fingerprint density at radius 1 is 0.803 bits per heavy atom. The first-order chi connectivity index (χ1) is 30.5. The summed E-state index contributed by atoms with van der Waals surface area (Å²) < 4.78 is 82.5. The van der Waals surface area contributed by atoms with Crippen molar-refractivity contribution in [1.29, 1.82) is 10.5 Å². The van der Waals surface area contributed by atoms with Crippen molar-refractivity contribution in [1.82, 2.24) is 10.2 Å². The fourth-order valence-corrected chi connectivity index (χ4v) is 9.96. The molecule has 2 aromatic heterocycles. The van der Waals surface area contributed by atoms with Gasteiger partial charge in [-0.1, -0.05) is 24.3 Å². The number of carbonyl (C=O) groups excluding carboxylic acids is 3. The number of halogens is 3. The van der Waals surface area contributed by atoms with E-state index in [-0.39, 0.29) is 47.0 Å². The number of sulfonamides is 2. The molecular formula is C41H45F3N8O10S4. The van der Waals surface area contributed by atoms with E-state index in [1.165, 1.54) is 59.1 Å². The molecule has 2 aliphatic heterocycles. The number of hydrogen-bond acceptors (Lipinski definition) is 14. The highest BCUT2D eigenvalue weighted by Crippen LogP contribution is 2.39. The highest BCUT2D eigenvalue weighted by atomic mass is 32.2. The molecular weight excluding hydrogens is 950 g/mol. The van der Waals surface area contributed by atoms with E-state index >= 15 is 0 Å². The van der Waals surface area contributed by atoms with Crippen LogP contribution in [0, 0.1) is 22.7 Å². The van der Waals surface area contributed by atoms with Gasteiger partial charge in [0.25, 0.3) is 0 Å². The number of hydrogen-bond donors (Lipinski definition) is 6. The molecule has 2 atom stereocenters. The number of aliphatic carboxylic acids is 1. The quantitative estimate of drug-likeness (QED) is 0.132. The SMILES string of the molecule is CC1Cc2sc(NC(=O)Cc3ccc(S(N)(=O)=O)cc3)c(C#N)c2CN1.CC1Cc2sc(NC(=O)Cc3ccc(S(N)(=O)=O)cc3)c(C#N)c2CN1C(=O)OC(C)(C)C.O=C(O)C(F)(F)F. The number of nitriles is 2. The molecule has 0 radical (unpaired) electrons. The number of nitrogens with two attached hydrogens (primary N) is 2. The van der Waals surface area contributed by atoms with E-state index in [2.05, 4.69) is 35.0 Å². The van der Waals surface area contributed by atoms with Gasteiger partial charge in [0.1, 0.15) is 27.7 Å². The number of anilines is 2. The summed E-state index contributed by atoms with van der Waals surface area (Å²) in [5, 5.41) is 46.4. The summed E-state index contributed by atoms with van der Waals surface area (Å²) >= 11 is 2.78. The van der Waals surface area contributed by atoms with Crippen molar-refractivity contribution in [2.75, 3.05) is 10.6 Å². The Labute approximate surface area is 386 Å². The topological polar surface area (TPSA) is 305 Å². The average Bonchev–Trinajstić information content (AvgIpc) is 3.71. The molecule has 0 saturated carbocycles. The number of carboxylic acids is 1. The van der Waals surface area contributed by atoms with Crippen molar-refractivity contribution in [2.45, 2.75) is 107 Å². The number of amides is 3. The molecule has 4 heterocycles. The highest BCUT2D eigenvalue weighted by Gasteiger charge is 2.38.